The lowest BCUT2D eigenvalue weighted by molar-refractivity contribution is -0.136. The first kappa shape index (κ1) is 14.6. The molecule has 0 atom stereocenters. The lowest BCUT2D eigenvalue weighted by atomic mass is 9.97. The van der Waals surface area contributed by atoms with Crippen molar-refractivity contribution in [2.75, 3.05) is 17.3 Å². The second-order valence-corrected chi connectivity index (χ2v) is 5.86. The van der Waals surface area contributed by atoms with Gasteiger partial charge in [-0.05, 0) is 32.0 Å². The van der Waals surface area contributed by atoms with Gasteiger partial charge in [-0.15, -0.1) is 0 Å². The number of hydrogen-bond acceptors (Lipinski definition) is 3. The van der Waals surface area contributed by atoms with E-state index in [0.29, 0.717) is 11.4 Å². The molecule has 1 aromatic carbocycles. The molecular formula is C15H14F3N3O. The number of carbonyl (C=O) groups is 1. The summed E-state index contributed by atoms with van der Waals surface area (Å²) < 4.78 is 39.4. The van der Waals surface area contributed by atoms with Crippen molar-refractivity contribution in [3.8, 4) is 0 Å². The summed E-state index contributed by atoms with van der Waals surface area (Å²) in [4.78, 5) is 17.6. The van der Waals surface area contributed by atoms with Crippen LogP contribution >= 0.6 is 0 Å². The second kappa shape index (κ2) is 4.34. The smallest absolute Gasteiger partial charge is 0.370 e. The van der Waals surface area contributed by atoms with Gasteiger partial charge < -0.3 is 10.2 Å². The summed E-state index contributed by atoms with van der Waals surface area (Å²) in [5, 5.41) is 3.04. The Hall–Kier alpha value is -2.31. The number of fused-ring (bicyclic) bond motifs is 2. The molecule has 2 aromatic rings. The van der Waals surface area contributed by atoms with Crippen LogP contribution in [0.1, 0.15) is 19.4 Å². The first-order valence-corrected chi connectivity index (χ1v) is 6.67. The lowest BCUT2D eigenvalue weighted by Gasteiger charge is -2.38. The summed E-state index contributed by atoms with van der Waals surface area (Å²) in [5.41, 5.74) is -0.343. The molecule has 3 rings (SSSR count). The SMILES string of the molecule is CN1C(=O)C(C)(C)Nc2cc3nccc(C(F)(F)F)c3cc21. The molecule has 1 amide bonds. The number of anilines is 2. The van der Waals surface area contributed by atoms with E-state index in [0.717, 1.165) is 12.3 Å². The van der Waals surface area contributed by atoms with E-state index in [4.69, 9.17) is 0 Å². The van der Waals surface area contributed by atoms with Crippen molar-refractivity contribution < 1.29 is 18.0 Å². The first-order valence-electron chi connectivity index (χ1n) is 6.67. The summed E-state index contributed by atoms with van der Waals surface area (Å²) in [6.07, 6.45) is -3.33. The average molecular weight is 309 g/mol. The van der Waals surface area contributed by atoms with Crippen LogP contribution in [0.25, 0.3) is 10.9 Å². The Bertz CT molecular complexity index is 783. The lowest BCUT2D eigenvalue weighted by Crippen LogP contribution is -2.52. The van der Waals surface area contributed by atoms with E-state index < -0.39 is 17.3 Å². The third-order valence-corrected chi connectivity index (χ3v) is 3.81. The molecule has 7 heteroatoms. The Morgan fingerprint density at radius 2 is 1.95 bits per heavy atom. The molecule has 1 aliphatic heterocycles. The minimum absolute atomic E-state index is 0.0186. The number of halogens is 3. The molecule has 0 spiro atoms. The van der Waals surface area contributed by atoms with Crippen LogP contribution in [0, 0.1) is 0 Å². The molecule has 0 radical (unpaired) electrons. The molecule has 0 unspecified atom stereocenters. The molecule has 22 heavy (non-hydrogen) atoms. The van der Waals surface area contributed by atoms with Crippen molar-refractivity contribution in [3.05, 3.63) is 30.0 Å². The van der Waals surface area contributed by atoms with Gasteiger partial charge in [0, 0.05) is 18.6 Å². The molecule has 1 N–H and O–H groups in total. The van der Waals surface area contributed by atoms with Crippen LogP contribution in [0.15, 0.2) is 24.4 Å². The third kappa shape index (κ3) is 2.08. The summed E-state index contributed by atoms with van der Waals surface area (Å²) >= 11 is 0. The van der Waals surface area contributed by atoms with Crippen molar-refractivity contribution in [2.24, 2.45) is 0 Å². The van der Waals surface area contributed by atoms with Crippen LogP contribution in [0.4, 0.5) is 24.5 Å². The molecule has 116 valence electrons. The van der Waals surface area contributed by atoms with Crippen LogP contribution in [0.5, 0.6) is 0 Å². The number of alkyl halides is 3. The van der Waals surface area contributed by atoms with E-state index >= 15 is 0 Å². The van der Waals surface area contributed by atoms with E-state index in [2.05, 4.69) is 10.3 Å². The number of benzene rings is 1. The van der Waals surface area contributed by atoms with Crippen LogP contribution in [-0.4, -0.2) is 23.5 Å². The normalized spacial score (nSPS) is 17.4. The van der Waals surface area contributed by atoms with Crippen LogP contribution in [-0.2, 0) is 11.0 Å². The quantitative estimate of drug-likeness (QED) is 0.811. The van der Waals surface area contributed by atoms with Gasteiger partial charge in [0.25, 0.3) is 5.91 Å². The Kier molecular flexibility index (Phi) is 2.89. The van der Waals surface area contributed by atoms with E-state index in [-0.39, 0.29) is 16.8 Å². The molecule has 2 heterocycles. The zero-order valence-corrected chi connectivity index (χ0v) is 12.2. The Balaban J connectivity index is 2.29. The highest BCUT2D eigenvalue weighted by Gasteiger charge is 2.38. The Morgan fingerprint density at radius 3 is 2.59 bits per heavy atom. The van der Waals surface area contributed by atoms with E-state index in [1.54, 1.807) is 27.0 Å². The van der Waals surface area contributed by atoms with Gasteiger partial charge in [-0.2, -0.15) is 13.2 Å². The van der Waals surface area contributed by atoms with Gasteiger partial charge in [-0.25, -0.2) is 0 Å². The summed E-state index contributed by atoms with van der Waals surface area (Å²) in [7, 11) is 1.55. The number of likely N-dealkylation sites (N-methyl/N-ethyl adjacent to an activating group) is 1. The maximum atomic E-state index is 13.1. The molecule has 1 aliphatic rings. The van der Waals surface area contributed by atoms with Gasteiger partial charge in [-0.1, -0.05) is 0 Å². The van der Waals surface area contributed by atoms with Gasteiger partial charge >= 0.3 is 6.18 Å². The van der Waals surface area contributed by atoms with Gasteiger partial charge in [0.2, 0.25) is 0 Å². The highest BCUT2D eigenvalue weighted by molar-refractivity contribution is 6.09. The molecule has 0 fully saturated rings. The van der Waals surface area contributed by atoms with E-state index in [9.17, 15) is 18.0 Å². The third-order valence-electron chi connectivity index (χ3n) is 3.81. The van der Waals surface area contributed by atoms with Crippen molar-refractivity contribution in [1.29, 1.82) is 0 Å². The molecular weight excluding hydrogens is 295 g/mol. The van der Waals surface area contributed by atoms with Gasteiger partial charge in [-0.3, -0.25) is 9.78 Å². The maximum absolute atomic E-state index is 13.1. The molecule has 1 aromatic heterocycles. The monoisotopic (exact) mass is 309 g/mol. The van der Waals surface area contributed by atoms with Crippen molar-refractivity contribution >= 4 is 28.2 Å². The summed E-state index contributed by atoms with van der Waals surface area (Å²) in [6.45, 7) is 3.44. The van der Waals surface area contributed by atoms with Crippen molar-refractivity contribution in [3.63, 3.8) is 0 Å². The fourth-order valence-corrected chi connectivity index (χ4v) is 2.72. The predicted octanol–water partition coefficient (Wildman–Crippen LogP) is 3.42. The predicted molar refractivity (Wildman–Crippen MR) is 77.9 cm³/mol. The number of hydrogen-bond donors (Lipinski definition) is 1. The van der Waals surface area contributed by atoms with Crippen LogP contribution in [0.2, 0.25) is 0 Å². The number of amides is 1. The first-order chi connectivity index (χ1) is 10.1. The molecule has 0 aliphatic carbocycles. The Morgan fingerprint density at radius 1 is 1.27 bits per heavy atom. The van der Waals surface area contributed by atoms with Crippen LogP contribution in [0.3, 0.4) is 0 Å². The van der Waals surface area contributed by atoms with Gasteiger partial charge in [0.05, 0.1) is 22.5 Å². The summed E-state index contributed by atoms with van der Waals surface area (Å²) in [5.74, 6) is -0.211. The maximum Gasteiger partial charge on any atom is 0.417 e. The number of rotatable bonds is 0. The van der Waals surface area contributed by atoms with Gasteiger partial charge in [0.15, 0.2) is 0 Å². The molecule has 0 saturated heterocycles. The van der Waals surface area contributed by atoms with Gasteiger partial charge in [0.1, 0.15) is 5.54 Å². The number of aromatic nitrogens is 1. The Labute approximate surface area is 124 Å². The topological polar surface area (TPSA) is 45.2 Å². The fraction of sp³-hybridized carbons (Fsp3) is 0.333. The van der Waals surface area contributed by atoms with Crippen LogP contribution < -0.4 is 10.2 Å². The zero-order chi connectivity index (χ0) is 16.3. The number of nitrogens with zero attached hydrogens (tertiary/aromatic N) is 2. The average Bonchev–Trinajstić information content (AvgIpc) is 2.41. The number of pyridine rings is 1. The van der Waals surface area contributed by atoms with Crippen molar-refractivity contribution in [2.45, 2.75) is 25.6 Å². The molecule has 4 nitrogen and oxygen atoms in total. The fourth-order valence-electron chi connectivity index (χ4n) is 2.72. The zero-order valence-electron chi connectivity index (χ0n) is 12.2. The highest BCUT2D eigenvalue weighted by Crippen LogP contribution is 2.41. The van der Waals surface area contributed by atoms with E-state index in [1.807, 2.05) is 0 Å². The van der Waals surface area contributed by atoms with Crippen molar-refractivity contribution in [1.82, 2.24) is 4.98 Å². The molecule has 0 saturated carbocycles. The number of nitrogens with one attached hydrogen (secondary N) is 1. The minimum atomic E-state index is -4.47. The summed E-state index contributed by atoms with van der Waals surface area (Å²) in [6, 6.07) is 3.85. The largest absolute Gasteiger partial charge is 0.417 e. The standard InChI is InChI=1S/C15H14F3N3O/c1-14(2)13(22)21(3)12-6-8-9(15(16,17)18)4-5-19-10(8)7-11(12)20-14/h4-7,20H,1-3H3. The highest BCUT2D eigenvalue weighted by atomic mass is 19.4. The minimum Gasteiger partial charge on any atom is -0.370 e. The number of carbonyl (C=O) groups excluding carboxylic acids is 1. The molecule has 0 bridgehead atoms. The van der Waals surface area contributed by atoms with E-state index in [1.165, 1.54) is 11.0 Å². The second-order valence-electron chi connectivity index (χ2n) is 5.86.